The first-order valence-electron chi connectivity index (χ1n) is 13.9. The van der Waals surface area contributed by atoms with Crippen LogP contribution in [0.5, 0.6) is 0 Å². The molecule has 3 N–H and O–H groups in total. The van der Waals surface area contributed by atoms with Crippen molar-refractivity contribution in [2.45, 2.75) is 50.7 Å². The highest BCUT2D eigenvalue weighted by Crippen LogP contribution is 2.41. The number of benzene rings is 2. The SMILES string of the molecule is C[C@@H]1CN(CC(=O)N2CC(C)(C(N)=O)c3ccc(Cc4ccc(F)cc4)cc32)[C@@H](CN2CCOC[C@H]2C)CN1. The fourth-order valence-corrected chi connectivity index (χ4v) is 6.10. The number of nitrogens with two attached hydrogens (primary N) is 1. The third kappa shape index (κ3) is 5.87. The van der Waals surface area contributed by atoms with Gasteiger partial charge in [0.1, 0.15) is 5.82 Å². The van der Waals surface area contributed by atoms with Gasteiger partial charge < -0.3 is 20.7 Å². The average Bonchev–Trinajstić information content (AvgIpc) is 3.21. The lowest BCUT2D eigenvalue weighted by molar-refractivity contribution is -0.123. The summed E-state index contributed by atoms with van der Waals surface area (Å²) in [5, 5.41) is 3.58. The second kappa shape index (κ2) is 11.3. The van der Waals surface area contributed by atoms with E-state index in [1.54, 1.807) is 17.0 Å². The van der Waals surface area contributed by atoms with Gasteiger partial charge in [0.25, 0.3) is 0 Å². The van der Waals surface area contributed by atoms with E-state index in [2.05, 4.69) is 29.0 Å². The second-order valence-electron chi connectivity index (χ2n) is 11.6. The van der Waals surface area contributed by atoms with Crippen LogP contribution in [-0.4, -0.2) is 92.2 Å². The molecule has 5 rings (SSSR count). The monoisotopic (exact) mass is 537 g/mol. The van der Waals surface area contributed by atoms with Gasteiger partial charge in [0.05, 0.1) is 25.2 Å². The molecular formula is C30H40FN5O3. The van der Waals surface area contributed by atoms with Gasteiger partial charge in [-0.05, 0) is 62.1 Å². The Morgan fingerprint density at radius 2 is 1.87 bits per heavy atom. The van der Waals surface area contributed by atoms with Crippen LogP contribution in [0.4, 0.5) is 10.1 Å². The Morgan fingerprint density at radius 1 is 1.13 bits per heavy atom. The maximum atomic E-state index is 13.9. The molecule has 4 atom stereocenters. The topological polar surface area (TPSA) is 91.1 Å². The lowest BCUT2D eigenvalue weighted by atomic mass is 9.83. The first kappa shape index (κ1) is 27.7. The minimum absolute atomic E-state index is 0.0331. The van der Waals surface area contributed by atoms with Crippen LogP contribution >= 0.6 is 0 Å². The fourth-order valence-electron chi connectivity index (χ4n) is 6.10. The van der Waals surface area contributed by atoms with Crippen molar-refractivity contribution >= 4 is 17.5 Å². The van der Waals surface area contributed by atoms with Gasteiger partial charge in [-0.2, -0.15) is 0 Å². The molecule has 0 radical (unpaired) electrons. The largest absolute Gasteiger partial charge is 0.379 e. The number of carbonyl (C=O) groups excluding carboxylic acids is 2. The number of anilines is 1. The minimum atomic E-state index is -0.960. The third-order valence-electron chi connectivity index (χ3n) is 8.60. The molecule has 3 heterocycles. The zero-order valence-corrected chi connectivity index (χ0v) is 23.2. The van der Waals surface area contributed by atoms with Crippen LogP contribution in [0.2, 0.25) is 0 Å². The zero-order chi connectivity index (χ0) is 27.7. The molecule has 2 saturated heterocycles. The van der Waals surface area contributed by atoms with Crippen LogP contribution in [0, 0.1) is 5.82 Å². The normalized spacial score (nSPS) is 27.9. The first-order valence-corrected chi connectivity index (χ1v) is 13.9. The highest BCUT2D eigenvalue weighted by molar-refractivity contribution is 6.02. The van der Waals surface area contributed by atoms with Gasteiger partial charge in [-0.15, -0.1) is 0 Å². The van der Waals surface area contributed by atoms with Crippen molar-refractivity contribution in [3.63, 3.8) is 0 Å². The third-order valence-corrected chi connectivity index (χ3v) is 8.60. The molecule has 0 aliphatic carbocycles. The summed E-state index contributed by atoms with van der Waals surface area (Å²) < 4.78 is 19.0. The molecule has 2 aromatic rings. The standard InChI is InChI=1S/C30H40FN5O3/c1-20-15-35(25(14-33-20)16-34-10-11-39-18-21(34)2)17-28(37)36-19-30(3,29(32)38)26-9-6-23(13-27(26)36)12-22-4-7-24(31)8-5-22/h4-9,13,20-21,25,33H,10-12,14-19H2,1-3H3,(H2,32,38)/t20-,21-,25-,30?/m1/s1. The molecule has 0 spiro atoms. The van der Waals surface area contributed by atoms with Crippen molar-refractivity contribution in [3.8, 4) is 0 Å². The van der Waals surface area contributed by atoms with Crippen LogP contribution in [0.1, 0.15) is 37.5 Å². The van der Waals surface area contributed by atoms with Crippen molar-refractivity contribution in [2.75, 3.05) is 57.4 Å². The molecule has 0 aromatic heterocycles. The maximum Gasteiger partial charge on any atom is 0.241 e. The van der Waals surface area contributed by atoms with Crippen molar-refractivity contribution in [2.24, 2.45) is 5.73 Å². The predicted molar refractivity (Wildman–Crippen MR) is 149 cm³/mol. The van der Waals surface area contributed by atoms with Gasteiger partial charge in [0.15, 0.2) is 0 Å². The molecule has 0 bridgehead atoms. The van der Waals surface area contributed by atoms with Crippen molar-refractivity contribution < 1.29 is 18.7 Å². The van der Waals surface area contributed by atoms with Gasteiger partial charge >= 0.3 is 0 Å². The molecule has 2 fully saturated rings. The minimum Gasteiger partial charge on any atom is -0.379 e. The molecule has 2 aromatic carbocycles. The van der Waals surface area contributed by atoms with Gasteiger partial charge in [-0.3, -0.25) is 19.4 Å². The van der Waals surface area contributed by atoms with E-state index in [-0.39, 0.29) is 36.9 Å². The van der Waals surface area contributed by atoms with E-state index in [1.165, 1.54) is 12.1 Å². The molecule has 210 valence electrons. The summed E-state index contributed by atoms with van der Waals surface area (Å²) in [6.45, 7) is 11.4. The van der Waals surface area contributed by atoms with E-state index >= 15 is 0 Å². The molecule has 1 unspecified atom stereocenters. The van der Waals surface area contributed by atoms with E-state index in [4.69, 9.17) is 10.5 Å². The predicted octanol–water partition coefficient (Wildman–Crippen LogP) is 1.89. The Balaban J connectivity index is 1.37. The number of rotatable bonds is 7. The van der Waals surface area contributed by atoms with Gasteiger partial charge in [-0.25, -0.2) is 4.39 Å². The Morgan fingerprint density at radius 3 is 2.59 bits per heavy atom. The number of nitrogens with zero attached hydrogens (tertiary/aromatic N) is 3. The summed E-state index contributed by atoms with van der Waals surface area (Å²) in [5.74, 6) is -0.750. The number of amides is 2. The highest BCUT2D eigenvalue weighted by atomic mass is 19.1. The summed E-state index contributed by atoms with van der Waals surface area (Å²) in [5.41, 5.74) is 8.40. The van der Waals surface area contributed by atoms with Crippen LogP contribution < -0.4 is 16.0 Å². The lowest BCUT2D eigenvalue weighted by Crippen LogP contribution is -2.62. The number of hydrogen-bond acceptors (Lipinski definition) is 6. The molecule has 9 heteroatoms. The smallest absolute Gasteiger partial charge is 0.241 e. The first-order chi connectivity index (χ1) is 18.6. The average molecular weight is 538 g/mol. The van der Waals surface area contributed by atoms with Gasteiger partial charge in [0.2, 0.25) is 11.8 Å². The lowest BCUT2D eigenvalue weighted by Gasteiger charge is -2.43. The van der Waals surface area contributed by atoms with E-state index in [0.29, 0.717) is 12.5 Å². The number of hydrogen-bond donors (Lipinski definition) is 2. The summed E-state index contributed by atoms with van der Waals surface area (Å²) in [7, 11) is 0. The van der Waals surface area contributed by atoms with Crippen LogP contribution in [0.25, 0.3) is 0 Å². The number of fused-ring (bicyclic) bond motifs is 1. The number of piperazine rings is 1. The Kier molecular flexibility index (Phi) is 8.05. The quantitative estimate of drug-likeness (QED) is 0.561. The molecule has 0 saturated carbocycles. The summed E-state index contributed by atoms with van der Waals surface area (Å²) in [6, 6.07) is 13.1. The summed E-state index contributed by atoms with van der Waals surface area (Å²) >= 11 is 0. The van der Waals surface area contributed by atoms with E-state index in [9.17, 15) is 14.0 Å². The van der Waals surface area contributed by atoms with Crippen molar-refractivity contribution in [1.29, 1.82) is 0 Å². The van der Waals surface area contributed by atoms with Crippen LogP contribution in [-0.2, 0) is 26.2 Å². The Bertz CT molecular complexity index is 1210. The molecule has 3 aliphatic rings. The maximum absolute atomic E-state index is 13.9. The van der Waals surface area contributed by atoms with Gasteiger partial charge in [-0.1, -0.05) is 24.3 Å². The highest BCUT2D eigenvalue weighted by Gasteiger charge is 2.46. The number of ether oxygens (including phenoxy) is 1. The fraction of sp³-hybridized carbons (Fsp3) is 0.533. The van der Waals surface area contributed by atoms with Crippen LogP contribution in [0.15, 0.2) is 42.5 Å². The van der Waals surface area contributed by atoms with Crippen LogP contribution in [0.3, 0.4) is 0 Å². The van der Waals surface area contributed by atoms with E-state index in [1.807, 2.05) is 25.1 Å². The number of halogens is 1. The zero-order valence-electron chi connectivity index (χ0n) is 23.2. The summed E-state index contributed by atoms with van der Waals surface area (Å²) in [4.78, 5) is 33.0. The number of primary amides is 1. The van der Waals surface area contributed by atoms with E-state index in [0.717, 1.165) is 61.8 Å². The number of carbonyl (C=O) groups is 2. The molecule has 8 nitrogen and oxygen atoms in total. The van der Waals surface area contributed by atoms with Crippen molar-refractivity contribution in [1.82, 2.24) is 15.1 Å². The molecule has 2 amide bonds. The molecule has 3 aliphatic heterocycles. The van der Waals surface area contributed by atoms with Crippen molar-refractivity contribution in [3.05, 3.63) is 65.0 Å². The number of morpholine rings is 1. The summed E-state index contributed by atoms with van der Waals surface area (Å²) in [6.07, 6.45) is 0.595. The molecular weight excluding hydrogens is 497 g/mol. The Labute approximate surface area is 230 Å². The molecule has 39 heavy (non-hydrogen) atoms. The van der Waals surface area contributed by atoms with E-state index < -0.39 is 11.3 Å². The van der Waals surface area contributed by atoms with Gasteiger partial charge in [0, 0.05) is 56.5 Å². The number of nitrogens with one attached hydrogen (secondary N) is 1. The Hall–Kier alpha value is -2.85. The second-order valence-corrected chi connectivity index (χ2v) is 11.6.